The highest BCUT2D eigenvalue weighted by atomic mass is 35.5. The van der Waals surface area contributed by atoms with Crippen molar-refractivity contribution in [1.29, 1.82) is 0 Å². The Balaban J connectivity index is 2.19. The maximum Gasteiger partial charge on any atom is 0.239 e. The molecule has 0 saturated heterocycles. The molecule has 0 aliphatic carbocycles. The first-order valence-corrected chi connectivity index (χ1v) is 6.76. The van der Waals surface area contributed by atoms with Gasteiger partial charge in [0.25, 0.3) is 0 Å². The minimum absolute atomic E-state index is 0.0145. The maximum absolute atomic E-state index is 11.6. The van der Waals surface area contributed by atoms with Gasteiger partial charge in [0.2, 0.25) is 11.8 Å². The van der Waals surface area contributed by atoms with Crippen molar-refractivity contribution in [1.82, 2.24) is 10.6 Å². The molecule has 0 aliphatic rings. The van der Waals surface area contributed by atoms with Gasteiger partial charge in [-0.05, 0) is 24.1 Å². The summed E-state index contributed by atoms with van der Waals surface area (Å²) in [5.41, 5.74) is 0.854. The molecule has 0 atom stereocenters. The van der Waals surface area contributed by atoms with Gasteiger partial charge >= 0.3 is 0 Å². The third-order valence-electron chi connectivity index (χ3n) is 2.57. The van der Waals surface area contributed by atoms with Crippen LogP contribution in [0.1, 0.15) is 12.0 Å². The Morgan fingerprint density at radius 2 is 1.85 bits per heavy atom. The van der Waals surface area contributed by atoms with Crippen molar-refractivity contribution in [2.75, 3.05) is 26.8 Å². The molecule has 2 amide bonds. The summed E-state index contributed by atoms with van der Waals surface area (Å²) in [6.45, 7) is 1.13. The Labute approximate surface area is 123 Å². The Hall–Kier alpha value is -1.59. The lowest BCUT2D eigenvalue weighted by atomic mass is 10.1. The number of rotatable bonds is 8. The largest absolute Gasteiger partial charge is 0.385 e. The first-order chi connectivity index (χ1) is 9.61. The zero-order chi connectivity index (χ0) is 14.8. The van der Waals surface area contributed by atoms with Gasteiger partial charge < -0.3 is 15.4 Å². The van der Waals surface area contributed by atoms with Gasteiger partial charge in [-0.15, -0.1) is 0 Å². The van der Waals surface area contributed by atoms with Crippen LogP contribution in [0.2, 0.25) is 5.02 Å². The number of ether oxygens (including phenoxy) is 1. The predicted molar refractivity (Wildman–Crippen MR) is 77.7 cm³/mol. The van der Waals surface area contributed by atoms with E-state index in [0.717, 1.165) is 12.0 Å². The van der Waals surface area contributed by atoms with Gasteiger partial charge in [0.1, 0.15) is 0 Å². The molecule has 0 saturated carbocycles. The number of nitrogens with one attached hydrogen (secondary N) is 2. The summed E-state index contributed by atoms with van der Waals surface area (Å²) in [7, 11) is 1.61. The van der Waals surface area contributed by atoms with Gasteiger partial charge in [-0.3, -0.25) is 9.59 Å². The first kappa shape index (κ1) is 16.5. The Kier molecular flexibility index (Phi) is 7.69. The molecular weight excluding hydrogens is 280 g/mol. The summed E-state index contributed by atoms with van der Waals surface area (Å²) in [6, 6.07) is 7.03. The highest BCUT2D eigenvalue weighted by Crippen LogP contribution is 2.09. The molecule has 110 valence electrons. The summed E-state index contributed by atoms with van der Waals surface area (Å²) >= 11 is 5.76. The zero-order valence-corrected chi connectivity index (χ0v) is 12.2. The zero-order valence-electron chi connectivity index (χ0n) is 11.4. The van der Waals surface area contributed by atoms with Crippen molar-refractivity contribution in [2.24, 2.45) is 0 Å². The van der Waals surface area contributed by atoms with Gasteiger partial charge in [-0.2, -0.15) is 0 Å². The van der Waals surface area contributed by atoms with Crippen LogP contribution in [-0.4, -0.2) is 38.6 Å². The number of methoxy groups -OCH3 is 1. The van der Waals surface area contributed by atoms with Crippen LogP contribution < -0.4 is 10.6 Å². The third-order valence-corrected chi connectivity index (χ3v) is 2.82. The molecule has 5 nitrogen and oxygen atoms in total. The van der Waals surface area contributed by atoms with Crippen molar-refractivity contribution in [3.05, 3.63) is 34.9 Å². The number of carbonyl (C=O) groups excluding carboxylic acids is 2. The summed E-state index contributed by atoms with van der Waals surface area (Å²) in [5, 5.41) is 5.89. The topological polar surface area (TPSA) is 67.4 Å². The molecule has 1 aromatic carbocycles. The van der Waals surface area contributed by atoms with Crippen molar-refractivity contribution in [2.45, 2.75) is 12.8 Å². The first-order valence-electron chi connectivity index (χ1n) is 6.38. The van der Waals surface area contributed by atoms with Crippen LogP contribution in [-0.2, 0) is 20.7 Å². The van der Waals surface area contributed by atoms with Crippen LogP contribution in [0.3, 0.4) is 0 Å². The summed E-state index contributed by atoms with van der Waals surface area (Å²) in [6.07, 6.45) is 0.981. The van der Waals surface area contributed by atoms with E-state index in [2.05, 4.69) is 10.6 Å². The maximum atomic E-state index is 11.6. The molecule has 20 heavy (non-hydrogen) atoms. The molecule has 0 bridgehead atoms. The average molecular weight is 299 g/mol. The predicted octanol–water partition coefficient (Wildman–Crippen LogP) is 1.15. The van der Waals surface area contributed by atoms with E-state index in [1.165, 1.54) is 0 Å². The molecule has 0 radical (unpaired) electrons. The van der Waals surface area contributed by atoms with E-state index in [1.54, 1.807) is 31.4 Å². The van der Waals surface area contributed by atoms with Crippen molar-refractivity contribution in [3.8, 4) is 0 Å². The number of hydrogen-bond acceptors (Lipinski definition) is 3. The van der Waals surface area contributed by atoms with E-state index < -0.39 is 0 Å². The Bertz CT molecular complexity index is 435. The molecule has 0 unspecified atom stereocenters. The molecular formula is C14H19ClN2O3. The smallest absolute Gasteiger partial charge is 0.239 e. The quantitative estimate of drug-likeness (QED) is 0.708. The average Bonchev–Trinajstić information content (AvgIpc) is 2.44. The fraction of sp³-hybridized carbons (Fsp3) is 0.429. The van der Waals surface area contributed by atoms with Gasteiger partial charge in [0.15, 0.2) is 0 Å². The van der Waals surface area contributed by atoms with E-state index in [-0.39, 0.29) is 24.8 Å². The molecule has 0 spiro atoms. The van der Waals surface area contributed by atoms with Crippen molar-refractivity contribution in [3.63, 3.8) is 0 Å². The van der Waals surface area contributed by atoms with E-state index in [9.17, 15) is 9.59 Å². The Morgan fingerprint density at radius 3 is 2.50 bits per heavy atom. The SMILES string of the molecule is COCCCNC(=O)CNC(=O)Cc1ccc(Cl)cc1. The number of hydrogen-bond donors (Lipinski definition) is 2. The fourth-order valence-corrected chi connectivity index (χ4v) is 1.66. The Morgan fingerprint density at radius 1 is 1.15 bits per heavy atom. The van der Waals surface area contributed by atoms with Crippen LogP contribution in [0, 0.1) is 0 Å². The number of amides is 2. The number of benzene rings is 1. The van der Waals surface area contributed by atoms with Crippen LogP contribution in [0.15, 0.2) is 24.3 Å². The van der Waals surface area contributed by atoms with Gasteiger partial charge in [-0.25, -0.2) is 0 Å². The molecule has 0 fully saturated rings. The number of halogens is 1. The molecule has 1 aromatic rings. The van der Waals surface area contributed by atoms with Crippen LogP contribution in [0.4, 0.5) is 0 Å². The van der Waals surface area contributed by atoms with Crippen molar-refractivity contribution >= 4 is 23.4 Å². The molecule has 0 aliphatic heterocycles. The number of carbonyl (C=O) groups is 2. The summed E-state index contributed by atoms with van der Waals surface area (Å²) < 4.78 is 4.87. The van der Waals surface area contributed by atoms with E-state index in [4.69, 9.17) is 16.3 Å². The summed E-state index contributed by atoms with van der Waals surface area (Å²) in [5.74, 6) is -0.398. The minimum Gasteiger partial charge on any atom is -0.385 e. The van der Waals surface area contributed by atoms with Gasteiger partial charge in [0, 0.05) is 25.3 Å². The van der Waals surface area contributed by atoms with E-state index >= 15 is 0 Å². The molecule has 6 heteroatoms. The standard InChI is InChI=1S/C14H19ClN2O3/c1-20-8-2-7-16-14(19)10-17-13(18)9-11-3-5-12(15)6-4-11/h3-6H,2,7-10H2,1H3,(H,16,19)(H,17,18). The monoisotopic (exact) mass is 298 g/mol. The molecule has 0 aromatic heterocycles. The minimum atomic E-state index is -0.203. The normalized spacial score (nSPS) is 10.1. The second-order valence-electron chi connectivity index (χ2n) is 4.28. The lowest BCUT2D eigenvalue weighted by Gasteiger charge is -2.07. The lowest BCUT2D eigenvalue weighted by molar-refractivity contribution is -0.125. The lowest BCUT2D eigenvalue weighted by Crippen LogP contribution is -2.38. The summed E-state index contributed by atoms with van der Waals surface area (Å²) in [4.78, 5) is 23.1. The molecule has 1 rings (SSSR count). The van der Waals surface area contributed by atoms with Gasteiger partial charge in [0.05, 0.1) is 13.0 Å². The fourth-order valence-electron chi connectivity index (χ4n) is 1.54. The second-order valence-corrected chi connectivity index (χ2v) is 4.71. The van der Waals surface area contributed by atoms with Crippen LogP contribution in [0.25, 0.3) is 0 Å². The second kappa shape index (κ2) is 9.34. The molecule has 0 heterocycles. The van der Waals surface area contributed by atoms with Crippen molar-refractivity contribution < 1.29 is 14.3 Å². The highest BCUT2D eigenvalue weighted by Gasteiger charge is 2.06. The van der Waals surface area contributed by atoms with Crippen LogP contribution >= 0.6 is 11.6 Å². The third kappa shape index (κ3) is 7.11. The molecule has 2 N–H and O–H groups in total. The highest BCUT2D eigenvalue weighted by molar-refractivity contribution is 6.30. The van der Waals surface area contributed by atoms with E-state index in [0.29, 0.717) is 18.2 Å². The van der Waals surface area contributed by atoms with E-state index in [1.807, 2.05) is 0 Å². The van der Waals surface area contributed by atoms with Gasteiger partial charge in [-0.1, -0.05) is 23.7 Å². The van der Waals surface area contributed by atoms with Crippen LogP contribution in [0.5, 0.6) is 0 Å².